The van der Waals surface area contributed by atoms with E-state index in [0.717, 1.165) is 31.3 Å². The van der Waals surface area contributed by atoms with Gasteiger partial charge in [-0.2, -0.15) is 0 Å². The van der Waals surface area contributed by atoms with E-state index in [0.29, 0.717) is 5.56 Å². The Balaban J connectivity index is 1.55. The van der Waals surface area contributed by atoms with E-state index in [1.807, 2.05) is 32.0 Å². The molecule has 0 unspecified atom stereocenters. The summed E-state index contributed by atoms with van der Waals surface area (Å²) in [5.41, 5.74) is 1.39. The molecule has 1 aliphatic heterocycles. The highest BCUT2D eigenvalue weighted by molar-refractivity contribution is 7.25. The fraction of sp³-hybridized carbons (Fsp3) is 0.207. The normalized spacial score (nSPS) is 17.9. The van der Waals surface area contributed by atoms with Crippen molar-refractivity contribution in [1.82, 2.24) is 9.80 Å². The summed E-state index contributed by atoms with van der Waals surface area (Å²) in [5, 5.41) is 10.9. The molecule has 1 saturated heterocycles. The minimum atomic E-state index is -0.874. The fourth-order valence-corrected chi connectivity index (χ4v) is 5.68. The van der Waals surface area contributed by atoms with Crippen molar-refractivity contribution in [2.75, 3.05) is 13.8 Å². The predicted octanol–water partition coefficient (Wildman–Crippen LogP) is 5.55. The Hall–Kier alpha value is -4.15. The number of guanidine groups is 1. The molecule has 1 fully saturated rings. The Labute approximate surface area is 213 Å². The maximum Gasteiger partial charge on any atom is 0.339 e. The van der Waals surface area contributed by atoms with Crippen molar-refractivity contribution in [3.05, 3.63) is 83.4 Å². The van der Waals surface area contributed by atoms with Crippen molar-refractivity contribution in [3.8, 4) is 11.8 Å². The lowest BCUT2D eigenvalue weighted by atomic mass is 9.84. The molecule has 5 rings (SSSR count). The SMILES string of the molecule is CC#Cc1ccc2sc3ccc([C@]4(C)CC(=O)N(C)C(=N)N4COC(=O)c4ccccc4)cc3c2c1. The monoisotopic (exact) mass is 495 g/mol. The molecule has 7 heteroatoms. The van der Waals surface area contributed by atoms with Gasteiger partial charge < -0.3 is 4.74 Å². The predicted molar refractivity (Wildman–Crippen MR) is 143 cm³/mol. The molecule has 1 aromatic heterocycles. The summed E-state index contributed by atoms with van der Waals surface area (Å²) < 4.78 is 7.92. The van der Waals surface area contributed by atoms with Gasteiger partial charge in [0, 0.05) is 32.8 Å². The number of carbonyl (C=O) groups excluding carboxylic acids is 2. The summed E-state index contributed by atoms with van der Waals surface area (Å²) in [6.07, 6.45) is 0.148. The molecule has 1 aliphatic rings. The van der Waals surface area contributed by atoms with Crippen molar-refractivity contribution >= 4 is 49.3 Å². The standard InChI is InChI=1S/C29H25N3O3S/c1-4-8-19-11-13-24-22(15-19)23-16-21(12-14-25(23)36-24)29(2)17-26(33)31(3)28(30)32(29)18-35-27(34)20-9-6-5-7-10-20/h5-7,9-16,30H,17-18H2,1-3H3/t29-/m0/s1. The zero-order valence-electron chi connectivity index (χ0n) is 20.3. The van der Waals surface area contributed by atoms with Gasteiger partial charge in [-0.05, 0) is 61.9 Å². The van der Waals surface area contributed by atoms with Crippen LogP contribution in [0.15, 0.2) is 66.7 Å². The van der Waals surface area contributed by atoms with Crippen LogP contribution in [0.4, 0.5) is 0 Å². The number of hydrogen-bond acceptors (Lipinski definition) is 5. The lowest BCUT2D eigenvalue weighted by Gasteiger charge is -2.48. The molecule has 0 radical (unpaired) electrons. The molecule has 3 aromatic carbocycles. The molecule has 1 atom stereocenters. The number of nitrogens with one attached hydrogen (secondary N) is 1. The maximum atomic E-state index is 12.9. The second-order valence-corrected chi connectivity index (χ2v) is 10.1. The van der Waals surface area contributed by atoms with E-state index >= 15 is 0 Å². The summed E-state index contributed by atoms with van der Waals surface area (Å²) in [6.45, 7) is 3.59. The minimum Gasteiger partial charge on any atom is -0.441 e. The molecule has 0 bridgehead atoms. The number of thiophene rings is 1. The van der Waals surface area contributed by atoms with E-state index in [-0.39, 0.29) is 25.0 Å². The maximum absolute atomic E-state index is 12.9. The molecule has 0 spiro atoms. The van der Waals surface area contributed by atoms with Gasteiger partial charge in [0.15, 0.2) is 6.73 Å². The van der Waals surface area contributed by atoms with Crippen LogP contribution < -0.4 is 0 Å². The topological polar surface area (TPSA) is 73.7 Å². The second-order valence-electron chi connectivity index (χ2n) is 8.98. The van der Waals surface area contributed by atoms with Crippen molar-refractivity contribution < 1.29 is 14.3 Å². The zero-order valence-corrected chi connectivity index (χ0v) is 21.1. The molecular formula is C29H25N3O3S. The van der Waals surface area contributed by atoms with Crippen LogP contribution in [0, 0.1) is 17.3 Å². The number of ether oxygens (including phenoxy) is 1. The number of hydrogen-bond donors (Lipinski definition) is 1. The van der Waals surface area contributed by atoms with Crippen LogP contribution in [0.25, 0.3) is 20.2 Å². The largest absolute Gasteiger partial charge is 0.441 e. The van der Waals surface area contributed by atoms with Crippen LogP contribution in [0.2, 0.25) is 0 Å². The van der Waals surface area contributed by atoms with Gasteiger partial charge in [-0.3, -0.25) is 20.0 Å². The van der Waals surface area contributed by atoms with Gasteiger partial charge in [0.1, 0.15) is 0 Å². The third-order valence-corrected chi connectivity index (χ3v) is 7.89. The molecule has 1 amide bonds. The van der Waals surface area contributed by atoms with E-state index in [4.69, 9.17) is 10.1 Å². The molecular weight excluding hydrogens is 470 g/mol. The second kappa shape index (κ2) is 9.14. The molecule has 1 N–H and O–H groups in total. The van der Waals surface area contributed by atoms with E-state index in [1.165, 1.54) is 4.90 Å². The van der Waals surface area contributed by atoms with Gasteiger partial charge in [-0.1, -0.05) is 30.2 Å². The summed E-state index contributed by atoms with van der Waals surface area (Å²) >= 11 is 1.71. The number of rotatable bonds is 4. The number of esters is 1. The molecule has 0 aliphatic carbocycles. The number of amides is 1. The molecule has 6 nitrogen and oxygen atoms in total. The van der Waals surface area contributed by atoms with Crippen LogP contribution in [0.1, 0.15) is 41.8 Å². The number of fused-ring (bicyclic) bond motifs is 3. The van der Waals surface area contributed by atoms with Crippen molar-refractivity contribution in [2.45, 2.75) is 25.8 Å². The van der Waals surface area contributed by atoms with E-state index in [9.17, 15) is 9.59 Å². The first kappa shape index (κ1) is 23.6. The van der Waals surface area contributed by atoms with Crippen molar-refractivity contribution in [3.63, 3.8) is 0 Å². The van der Waals surface area contributed by atoms with Crippen LogP contribution in [0.5, 0.6) is 0 Å². The van der Waals surface area contributed by atoms with Gasteiger partial charge in [-0.25, -0.2) is 4.79 Å². The average molecular weight is 496 g/mol. The van der Waals surface area contributed by atoms with E-state index < -0.39 is 11.5 Å². The van der Waals surface area contributed by atoms with Gasteiger partial charge in [0.2, 0.25) is 11.9 Å². The average Bonchev–Trinajstić information content (AvgIpc) is 3.25. The Kier molecular flexibility index (Phi) is 5.99. The van der Waals surface area contributed by atoms with Crippen LogP contribution >= 0.6 is 11.3 Å². The third-order valence-electron chi connectivity index (χ3n) is 6.73. The molecule has 36 heavy (non-hydrogen) atoms. The van der Waals surface area contributed by atoms with Crippen LogP contribution in [0.3, 0.4) is 0 Å². The van der Waals surface area contributed by atoms with E-state index in [2.05, 4.69) is 36.1 Å². The van der Waals surface area contributed by atoms with Crippen molar-refractivity contribution in [2.24, 2.45) is 0 Å². The fourth-order valence-electron chi connectivity index (χ4n) is 4.62. The smallest absolute Gasteiger partial charge is 0.339 e. The minimum absolute atomic E-state index is 0.00890. The first-order valence-corrected chi connectivity index (χ1v) is 12.4. The van der Waals surface area contributed by atoms with Gasteiger partial charge >= 0.3 is 5.97 Å². The Morgan fingerprint density at radius 3 is 2.50 bits per heavy atom. The molecule has 2 heterocycles. The van der Waals surface area contributed by atoms with Gasteiger partial charge in [-0.15, -0.1) is 17.3 Å². The van der Waals surface area contributed by atoms with Crippen LogP contribution in [-0.2, 0) is 15.1 Å². The lowest BCUT2D eigenvalue weighted by Crippen LogP contribution is -2.61. The first-order chi connectivity index (χ1) is 17.3. The van der Waals surface area contributed by atoms with E-state index in [1.54, 1.807) is 47.5 Å². The van der Waals surface area contributed by atoms with Crippen LogP contribution in [-0.4, -0.2) is 41.4 Å². The lowest BCUT2D eigenvalue weighted by molar-refractivity contribution is -0.134. The number of carbonyl (C=O) groups is 2. The zero-order chi connectivity index (χ0) is 25.4. The highest BCUT2D eigenvalue weighted by Gasteiger charge is 2.45. The number of nitrogens with zero attached hydrogens (tertiary/aromatic N) is 2. The molecule has 180 valence electrons. The highest BCUT2D eigenvalue weighted by Crippen LogP contribution is 2.41. The summed E-state index contributed by atoms with van der Waals surface area (Å²) in [7, 11) is 1.57. The Bertz CT molecular complexity index is 1580. The highest BCUT2D eigenvalue weighted by atomic mass is 32.1. The van der Waals surface area contributed by atoms with Gasteiger partial charge in [0.25, 0.3) is 0 Å². The van der Waals surface area contributed by atoms with Crippen molar-refractivity contribution in [1.29, 1.82) is 5.41 Å². The summed E-state index contributed by atoms with van der Waals surface area (Å²) in [5.74, 6) is 5.43. The third kappa shape index (κ3) is 4.00. The number of benzene rings is 3. The first-order valence-electron chi connectivity index (χ1n) is 11.6. The molecule has 0 saturated carbocycles. The summed E-state index contributed by atoms with van der Waals surface area (Å²) in [6, 6.07) is 21.1. The van der Waals surface area contributed by atoms with Gasteiger partial charge in [0.05, 0.1) is 17.5 Å². The molecule has 4 aromatic rings. The Morgan fingerprint density at radius 1 is 1.08 bits per heavy atom. The summed E-state index contributed by atoms with van der Waals surface area (Å²) in [4.78, 5) is 28.5. The Morgan fingerprint density at radius 2 is 1.78 bits per heavy atom. The quantitative estimate of drug-likeness (QED) is 0.297.